The van der Waals surface area contributed by atoms with E-state index in [2.05, 4.69) is 40.6 Å². The predicted molar refractivity (Wildman–Crippen MR) is 103 cm³/mol. The summed E-state index contributed by atoms with van der Waals surface area (Å²) in [6, 6.07) is 14.6. The van der Waals surface area contributed by atoms with Gasteiger partial charge in [-0.2, -0.15) is 0 Å². The van der Waals surface area contributed by atoms with Crippen molar-refractivity contribution >= 4 is 0 Å². The first-order valence-electron chi connectivity index (χ1n) is 8.96. The third-order valence-electron chi connectivity index (χ3n) is 4.00. The molecule has 0 saturated heterocycles. The minimum Gasteiger partial charge on any atom is -0.490 e. The van der Waals surface area contributed by atoms with Crippen LogP contribution in [-0.4, -0.2) is 22.8 Å². The normalized spacial score (nSPS) is 10.7. The van der Waals surface area contributed by atoms with E-state index in [1.54, 1.807) is 12.5 Å². The Morgan fingerprint density at radius 1 is 0.885 bits per heavy atom. The second-order valence-electron chi connectivity index (χ2n) is 5.89. The summed E-state index contributed by atoms with van der Waals surface area (Å²) in [7, 11) is 0. The second-order valence-corrected chi connectivity index (χ2v) is 5.89. The molecule has 0 saturated carbocycles. The van der Waals surface area contributed by atoms with Crippen LogP contribution >= 0.6 is 0 Å². The summed E-state index contributed by atoms with van der Waals surface area (Å²) in [5.41, 5.74) is 3.52. The maximum atomic E-state index is 5.68. The van der Waals surface area contributed by atoms with Gasteiger partial charge >= 0.3 is 0 Å². The van der Waals surface area contributed by atoms with Gasteiger partial charge in [-0.05, 0) is 49.2 Å². The van der Waals surface area contributed by atoms with Gasteiger partial charge in [0.05, 0.1) is 19.5 Å². The number of rotatable bonds is 9. The lowest BCUT2D eigenvalue weighted by molar-refractivity contribution is 0.287. The molecule has 0 spiro atoms. The molecule has 0 bridgehead atoms. The molecule has 0 radical (unpaired) electrons. The van der Waals surface area contributed by atoms with Gasteiger partial charge in [0.25, 0.3) is 0 Å². The molecular formula is C21H25N3O2. The zero-order valence-electron chi connectivity index (χ0n) is 15.3. The van der Waals surface area contributed by atoms with Gasteiger partial charge in [0, 0.05) is 31.2 Å². The Morgan fingerprint density at radius 3 is 2.27 bits per heavy atom. The Kier molecular flexibility index (Phi) is 6.28. The number of hydrogen-bond donors (Lipinski definition) is 1. The van der Waals surface area contributed by atoms with Gasteiger partial charge < -0.3 is 19.4 Å². The number of benzene rings is 2. The van der Waals surface area contributed by atoms with E-state index in [0.29, 0.717) is 13.2 Å². The minimum absolute atomic E-state index is 0.625. The van der Waals surface area contributed by atoms with E-state index in [0.717, 1.165) is 30.3 Å². The van der Waals surface area contributed by atoms with Crippen LogP contribution in [0.2, 0.25) is 0 Å². The van der Waals surface area contributed by atoms with Crippen LogP contribution in [0.15, 0.2) is 61.2 Å². The van der Waals surface area contributed by atoms with Gasteiger partial charge in [-0.1, -0.05) is 18.2 Å². The van der Waals surface area contributed by atoms with E-state index in [4.69, 9.17) is 9.47 Å². The fraction of sp³-hybridized carbons (Fsp3) is 0.286. The number of imidazole rings is 1. The van der Waals surface area contributed by atoms with Crippen molar-refractivity contribution in [2.75, 3.05) is 13.2 Å². The molecule has 0 aliphatic heterocycles. The Hall–Kier alpha value is -2.79. The zero-order chi connectivity index (χ0) is 18.2. The van der Waals surface area contributed by atoms with Gasteiger partial charge in [0.2, 0.25) is 0 Å². The van der Waals surface area contributed by atoms with Crippen molar-refractivity contribution in [1.82, 2.24) is 14.9 Å². The number of nitrogens with zero attached hydrogens (tertiary/aromatic N) is 2. The van der Waals surface area contributed by atoms with Gasteiger partial charge in [-0.15, -0.1) is 0 Å². The highest BCUT2D eigenvalue weighted by molar-refractivity contribution is 5.43. The first-order chi connectivity index (χ1) is 12.8. The molecule has 0 atom stereocenters. The van der Waals surface area contributed by atoms with E-state index in [-0.39, 0.29) is 0 Å². The highest BCUT2D eigenvalue weighted by atomic mass is 16.5. The molecule has 5 nitrogen and oxygen atoms in total. The van der Waals surface area contributed by atoms with Crippen molar-refractivity contribution < 1.29 is 9.47 Å². The SMILES string of the molecule is CCOc1ccc(CNCc2ccc(-n3ccnc3)cc2)cc1OCC. The fourth-order valence-electron chi connectivity index (χ4n) is 2.75. The van der Waals surface area contributed by atoms with E-state index in [1.807, 2.05) is 36.7 Å². The van der Waals surface area contributed by atoms with Crippen LogP contribution in [0, 0.1) is 0 Å². The van der Waals surface area contributed by atoms with Gasteiger partial charge in [-0.25, -0.2) is 4.98 Å². The summed E-state index contributed by atoms with van der Waals surface area (Å²) >= 11 is 0. The highest BCUT2D eigenvalue weighted by Gasteiger charge is 2.06. The topological polar surface area (TPSA) is 48.3 Å². The average Bonchev–Trinajstić information content (AvgIpc) is 3.19. The second kappa shape index (κ2) is 9.06. The first-order valence-corrected chi connectivity index (χ1v) is 8.96. The summed E-state index contributed by atoms with van der Waals surface area (Å²) in [6.45, 7) is 6.79. The smallest absolute Gasteiger partial charge is 0.161 e. The van der Waals surface area contributed by atoms with E-state index >= 15 is 0 Å². The molecule has 136 valence electrons. The van der Waals surface area contributed by atoms with Crippen LogP contribution in [0.25, 0.3) is 5.69 Å². The Bertz CT molecular complexity index is 799. The zero-order valence-corrected chi connectivity index (χ0v) is 15.3. The van der Waals surface area contributed by atoms with Crippen molar-refractivity contribution in [1.29, 1.82) is 0 Å². The molecule has 3 aromatic rings. The number of aromatic nitrogens is 2. The van der Waals surface area contributed by atoms with Crippen molar-refractivity contribution in [2.45, 2.75) is 26.9 Å². The quantitative estimate of drug-likeness (QED) is 0.634. The molecule has 3 rings (SSSR count). The predicted octanol–water partition coefficient (Wildman–Crippen LogP) is 3.96. The molecule has 5 heteroatoms. The molecule has 0 aliphatic carbocycles. The summed E-state index contributed by atoms with van der Waals surface area (Å²) in [6.07, 6.45) is 5.52. The van der Waals surface area contributed by atoms with Crippen molar-refractivity contribution in [2.24, 2.45) is 0 Å². The molecule has 0 fully saturated rings. The van der Waals surface area contributed by atoms with Gasteiger partial charge in [0.15, 0.2) is 11.5 Å². The maximum absolute atomic E-state index is 5.68. The molecule has 0 unspecified atom stereocenters. The Morgan fingerprint density at radius 2 is 1.58 bits per heavy atom. The van der Waals surface area contributed by atoms with Crippen molar-refractivity contribution in [3.05, 3.63) is 72.3 Å². The lowest BCUT2D eigenvalue weighted by Crippen LogP contribution is -2.13. The molecule has 0 amide bonds. The van der Waals surface area contributed by atoms with E-state index in [9.17, 15) is 0 Å². The lowest BCUT2D eigenvalue weighted by Gasteiger charge is -2.13. The molecule has 1 N–H and O–H groups in total. The number of nitrogens with one attached hydrogen (secondary N) is 1. The maximum Gasteiger partial charge on any atom is 0.161 e. The largest absolute Gasteiger partial charge is 0.490 e. The van der Waals surface area contributed by atoms with E-state index < -0.39 is 0 Å². The standard InChI is InChI=1S/C21H25N3O2/c1-3-25-20-10-7-18(13-21(20)26-4-2)15-23-14-17-5-8-19(9-6-17)24-12-11-22-16-24/h5-13,16,23H,3-4,14-15H2,1-2H3. The lowest BCUT2D eigenvalue weighted by atomic mass is 10.1. The first kappa shape index (κ1) is 18.0. The average molecular weight is 351 g/mol. The number of ether oxygens (including phenoxy) is 2. The van der Waals surface area contributed by atoms with Crippen LogP contribution in [-0.2, 0) is 13.1 Å². The summed E-state index contributed by atoms with van der Waals surface area (Å²) in [5, 5.41) is 3.48. The van der Waals surface area contributed by atoms with Crippen LogP contribution in [0.5, 0.6) is 11.5 Å². The van der Waals surface area contributed by atoms with Crippen LogP contribution in [0.4, 0.5) is 0 Å². The third-order valence-corrected chi connectivity index (χ3v) is 4.00. The molecular weight excluding hydrogens is 326 g/mol. The monoisotopic (exact) mass is 351 g/mol. The minimum atomic E-state index is 0.625. The van der Waals surface area contributed by atoms with Crippen molar-refractivity contribution in [3.8, 4) is 17.2 Å². The number of hydrogen-bond acceptors (Lipinski definition) is 4. The van der Waals surface area contributed by atoms with Crippen LogP contribution in [0.1, 0.15) is 25.0 Å². The summed E-state index contributed by atoms with van der Waals surface area (Å²) < 4.78 is 13.3. The van der Waals surface area contributed by atoms with Crippen LogP contribution < -0.4 is 14.8 Å². The Labute approximate surface area is 154 Å². The molecule has 26 heavy (non-hydrogen) atoms. The fourth-order valence-corrected chi connectivity index (χ4v) is 2.75. The Balaban J connectivity index is 1.56. The summed E-state index contributed by atoms with van der Waals surface area (Å²) in [5.74, 6) is 1.60. The molecule has 0 aliphatic rings. The van der Waals surface area contributed by atoms with Crippen LogP contribution in [0.3, 0.4) is 0 Å². The van der Waals surface area contributed by atoms with Gasteiger partial charge in [0.1, 0.15) is 0 Å². The highest BCUT2D eigenvalue weighted by Crippen LogP contribution is 2.28. The molecule has 1 aromatic heterocycles. The summed E-state index contributed by atoms with van der Waals surface area (Å²) in [4.78, 5) is 4.07. The van der Waals surface area contributed by atoms with E-state index in [1.165, 1.54) is 11.1 Å². The third kappa shape index (κ3) is 4.64. The van der Waals surface area contributed by atoms with Crippen molar-refractivity contribution in [3.63, 3.8) is 0 Å². The van der Waals surface area contributed by atoms with Gasteiger partial charge in [-0.3, -0.25) is 0 Å². The molecule has 1 heterocycles. The molecule has 2 aromatic carbocycles.